The summed E-state index contributed by atoms with van der Waals surface area (Å²) in [6, 6.07) is 10.6. The van der Waals surface area contributed by atoms with Gasteiger partial charge in [0.25, 0.3) is 0 Å². The Hall–Kier alpha value is -1.08. The van der Waals surface area contributed by atoms with Gasteiger partial charge in [-0.3, -0.25) is 0 Å². The van der Waals surface area contributed by atoms with Crippen molar-refractivity contribution in [2.24, 2.45) is 5.92 Å². The lowest BCUT2D eigenvalue weighted by Gasteiger charge is -2.45. The number of fused-ring (bicyclic) bond motifs is 1. The van der Waals surface area contributed by atoms with Crippen LogP contribution in [0.4, 0.5) is 0 Å². The van der Waals surface area contributed by atoms with Crippen LogP contribution in [0.25, 0.3) is 6.08 Å². The fourth-order valence-corrected chi connectivity index (χ4v) is 3.53. The second-order valence-corrected chi connectivity index (χ2v) is 6.50. The predicted molar refractivity (Wildman–Crippen MR) is 79.9 cm³/mol. The zero-order valence-electron chi connectivity index (χ0n) is 12.1. The molecule has 1 aromatic rings. The van der Waals surface area contributed by atoms with Gasteiger partial charge in [0.1, 0.15) is 0 Å². The highest BCUT2D eigenvalue weighted by Gasteiger charge is 2.39. The van der Waals surface area contributed by atoms with Crippen LogP contribution in [0.1, 0.15) is 51.5 Å². The summed E-state index contributed by atoms with van der Waals surface area (Å²) in [6.07, 6.45) is 9.37. The van der Waals surface area contributed by atoms with Gasteiger partial charge in [-0.25, -0.2) is 0 Å². The quantitative estimate of drug-likeness (QED) is 0.699. The first-order chi connectivity index (χ1) is 9.15. The molecule has 1 aromatic carbocycles. The third kappa shape index (κ3) is 2.76. The minimum Gasteiger partial charge on any atom is -0.368 e. The Morgan fingerprint density at radius 1 is 1.11 bits per heavy atom. The predicted octanol–water partition coefficient (Wildman–Crippen LogP) is 4.83. The molecule has 1 saturated carbocycles. The van der Waals surface area contributed by atoms with E-state index in [0.717, 1.165) is 5.92 Å². The highest BCUT2D eigenvalue weighted by molar-refractivity contribution is 5.55. The molecule has 1 aliphatic carbocycles. The Labute approximate surface area is 116 Å². The first-order valence-corrected chi connectivity index (χ1v) is 7.59. The van der Waals surface area contributed by atoms with Gasteiger partial charge in [-0.2, -0.15) is 0 Å². The second kappa shape index (κ2) is 5.13. The zero-order chi connectivity index (χ0) is 13.3. The highest BCUT2D eigenvalue weighted by Crippen LogP contribution is 2.43. The maximum atomic E-state index is 6.39. The summed E-state index contributed by atoms with van der Waals surface area (Å²) >= 11 is 0. The van der Waals surface area contributed by atoms with Crippen LogP contribution >= 0.6 is 0 Å². The average molecular weight is 256 g/mol. The summed E-state index contributed by atoms with van der Waals surface area (Å²) in [5.74, 6) is 0.747. The zero-order valence-corrected chi connectivity index (χ0v) is 12.1. The number of hydrogen-bond donors (Lipinski definition) is 0. The first kappa shape index (κ1) is 12.9. The van der Waals surface area contributed by atoms with Crippen molar-refractivity contribution in [1.82, 2.24) is 0 Å². The maximum absolute atomic E-state index is 6.39. The maximum Gasteiger partial charge on any atom is 0.0842 e. The van der Waals surface area contributed by atoms with Crippen molar-refractivity contribution in [3.63, 3.8) is 0 Å². The molecule has 1 heteroatoms. The van der Waals surface area contributed by atoms with E-state index in [4.69, 9.17) is 4.74 Å². The van der Waals surface area contributed by atoms with E-state index in [1.807, 2.05) is 0 Å². The second-order valence-electron chi connectivity index (χ2n) is 6.50. The molecule has 2 fully saturated rings. The van der Waals surface area contributed by atoms with E-state index in [1.54, 1.807) is 0 Å². The van der Waals surface area contributed by atoms with E-state index in [1.165, 1.54) is 43.2 Å². The topological polar surface area (TPSA) is 9.23 Å². The van der Waals surface area contributed by atoms with Crippen LogP contribution in [0.5, 0.6) is 0 Å². The van der Waals surface area contributed by atoms with Crippen molar-refractivity contribution >= 4 is 6.08 Å². The number of ether oxygens (including phenoxy) is 1. The summed E-state index contributed by atoms with van der Waals surface area (Å²) in [7, 11) is 0. The molecular weight excluding hydrogens is 232 g/mol. The van der Waals surface area contributed by atoms with Crippen LogP contribution in [-0.2, 0) is 4.74 Å². The van der Waals surface area contributed by atoms with Crippen molar-refractivity contribution in [2.45, 2.75) is 57.7 Å². The molecule has 0 radical (unpaired) electrons. The minimum absolute atomic E-state index is 0.103. The molecule has 2 aliphatic rings. The lowest BCUT2D eigenvalue weighted by Crippen LogP contribution is -2.44. The molecule has 1 saturated heterocycles. The van der Waals surface area contributed by atoms with Crippen molar-refractivity contribution < 1.29 is 4.74 Å². The minimum atomic E-state index is -0.103. The van der Waals surface area contributed by atoms with Crippen LogP contribution in [0, 0.1) is 5.92 Å². The molecule has 0 N–H and O–H groups in total. The molecule has 3 rings (SSSR count). The van der Waals surface area contributed by atoms with Crippen molar-refractivity contribution in [1.29, 1.82) is 0 Å². The third-order valence-corrected chi connectivity index (χ3v) is 4.68. The molecule has 0 spiro atoms. The molecule has 1 aliphatic heterocycles. The van der Waals surface area contributed by atoms with E-state index >= 15 is 0 Å². The van der Waals surface area contributed by atoms with E-state index < -0.39 is 0 Å². The molecule has 1 heterocycles. The van der Waals surface area contributed by atoms with E-state index in [2.05, 4.69) is 50.3 Å². The van der Waals surface area contributed by atoms with Crippen molar-refractivity contribution in [3.05, 3.63) is 41.5 Å². The van der Waals surface area contributed by atoms with E-state index in [9.17, 15) is 0 Å². The molecule has 0 bridgehead atoms. The Kier molecular flexibility index (Phi) is 3.49. The Morgan fingerprint density at radius 2 is 1.84 bits per heavy atom. The fourth-order valence-electron chi connectivity index (χ4n) is 3.53. The van der Waals surface area contributed by atoms with Gasteiger partial charge in [-0.15, -0.1) is 0 Å². The first-order valence-electron chi connectivity index (χ1n) is 7.59. The molecule has 19 heavy (non-hydrogen) atoms. The highest BCUT2D eigenvalue weighted by atomic mass is 16.5. The number of hydrogen-bond acceptors (Lipinski definition) is 1. The number of rotatable bonds is 1. The van der Waals surface area contributed by atoms with Crippen molar-refractivity contribution in [3.8, 4) is 0 Å². The van der Waals surface area contributed by atoms with Gasteiger partial charge in [0, 0.05) is 0 Å². The lowest BCUT2D eigenvalue weighted by molar-refractivity contribution is -0.114. The summed E-state index contributed by atoms with van der Waals surface area (Å²) in [5.41, 5.74) is 2.65. The summed E-state index contributed by atoms with van der Waals surface area (Å²) in [6.45, 7) is 4.46. The van der Waals surface area contributed by atoms with E-state index in [0.29, 0.717) is 6.10 Å². The standard InChI is InChI=1S/C18H24O/c1-18(2)16(12-14-8-4-3-5-9-14)13-15-10-6-7-11-17(15)19-18/h3-5,8-9,12,15,17H,6-7,10-11,13H2,1-2H3/b16-12-/t15-,17+/m0/s1. The number of benzene rings is 1. The van der Waals surface area contributed by atoms with E-state index in [-0.39, 0.29) is 5.60 Å². The Bertz CT molecular complexity index is 458. The van der Waals surface area contributed by atoms with Gasteiger partial charge in [0.05, 0.1) is 11.7 Å². The van der Waals surface area contributed by atoms with Crippen LogP contribution in [0.15, 0.2) is 35.9 Å². The molecule has 0 amide bonds. The smallest absolute Gasteiger partial charge is 0.0842 e. The van der Waals surface area contributed by atoms with Gasteiger partial charge in [-0.1, -0.05) is 49.2 Å². The van der Waals surface area contributed by atoms with Gasteiger partial charge in [0.15, 0.2) is 0 Å². The van der Waals surface area contributed by atoms with Crippen LogP contribution in [0.3, 0.4) is 0 Å². The van der Waals surface area contributed by atoms with Crippen LogP contribution in [-0.4, -0.2) is 11.7 Å². The van der Waals surface area contributed by atoms with Gasteiger partial charge < -0.3 is 4.74 Å². The normalized spacial score (nSPS) is 32.0. The van der Waals surface area contributed by atoms with Gasteiger partial charge >= 0.3 is 0 Å². The summed E-state index contributed by atoms with van der Waals surface area (Å²) < 4.78 is 6.39. The fraction of sp³-hybridized carbons (Fsp3) is 0.556. The molecule has 1 nitrogen and oxygen atoms in total. The Balaban J connectivity index is 1.86. The summed E-state index contributed by atoms with van der Waals surface area (Å²) in [5, 5.41) is 0. The lowest BCUT2D eigenvalue weighted by atomic mass is 9.75. The SMILES string of the molecule is CC1(C)O[C@@H]2CCCC[C@H]2C/C1=C/c1ccccc1. The molecular formula is C18H24O. The Morgan fingerprint density at radius 3 is 2.63 bits per heavy atom. The molecule has 2 atom stereocenters. The molecule has 102 valence electrons. The third-order valence-electron chi connectivity index (χ3n) is 4.68. The van der Waals surface area contributed by atoms with Gasteiger partial charge in [-0.05, 0) is 50.2 Å². The summed E-state index contributed by atoms with van der Waals surface area (Å²) in [4.78, 5) is 0. The van der Waals surface area contributed by atoms with Crippen molar-refractivity contribution in [2.75, 3.05) is 0 Å². The largest absolute Gasteiger partial charge is 0.368 e. The monoisotopic (exact) mass is 256 g/mol. The molecule has 0 unspecified atom stereocenters. The molecule has 0 aromatic heterocycles. The van der Waals surface area contributed by atoms with Gasteiger partial charge in [0.2, 0.25) is 0 Å². The van der Waals surface area contributed by atoms with Crippen LogP contribution < -0.4 is 0 Å². The average Bonchev–Trinajstić information content (AvgIpc) is 2.40. The van der Waals surface area contributed by atoms with Crippen LogP contribution in [0.2, 0.25) is 0 Å².